The molecule has 4 rings (SSSR count). The summed E-state index contributed by atoms with van der Waals surface area (Å²) in [5.41, 5.74) is 5.04. The van der Waals surface area contributed by atoms with Crippen LogP contribution >= 0.6 is 0 Å². The Morgan fingerprint density at radius 2 is 1.67 bits per heavy atom. The third-order valence-electron chi connectivity index (χ3n) is 6.74. The highest BCUT2D eigenvalue weighted by Gasteiger charge is 2.31. The average molecular weight is 455 g/mol. The number of nitrogens with zero attached hydrogens (tertiary/aromatic N) is 4. The van der Waals surface area contributed by atoms with E-state index in [0.29, 0.717) is 45.9 Å². The summed E-state index contributed by atoms with van der Waals surface area (Å²) in [7, 11) is 1.66. The van der Waals surface area contributed by atoms with Gasteiger partial charge in [0.1, 0.15) is 11.4 Å². The number of carbonyl (C=O) groups excluding carboxylic acids is 2. The van der Waals surface area contributed by atoms with E-state index in [9.17, 15) is 9.59 Å². The zero-order valence-electron chi connectivity index (χ0n) is 20.1. The highest BCUT2D eigenvalue weighted by atomic mass is 16.5. The number of benzene rings is 1. The Balaban J connectivity index is 1.70. The smallest absolute Gasteiger partial charge is 0.270 e. The standard InChI is InChI=1S/C25H34N4O4/c1-18-23(27-12-14-33-15-13-27)19(2)29(17-21-6-5-7-22(16-21)32-4)24(18)25(31)28-10-8-26(9-11-28)20(3)30/h5-7,16H,8-15,17H2,1-4H3. The van der Waals surface area contributed by atoms with Crippen molar-refractivity contribution >= 4 is 17.5 Å². The molecule has 33 heavy (non-hydrogen) atoms. The molecule has 2 aliphatic heterocycles. The minimum Gasteiger partial charge on any atom is -0.497 e. The zero-order chi connectivity index (χ0) is 23.5. The fraction of sp³-hybridized carbons (Fsp3) is 0.520. The van der Waals surface area contributed by atoms with Crippen LogP contribution < -0.4 is 9.64 Å². The molecule has 2 amide bonds. The summed E-state index contributed by atoms with van der Waals surface area (Å²) in [6.45, 7) is 11.6. The molecule has 0 N–H and O–H groups in total. The lowest BCUT2D eigenvalue weighted by Gasteiger charge is -2.34. The predicted octanol–water partition coefficient (Wildman–Crippen LogP) is 2.30. The van der Waals surface area contributed by atoms with Gasteiger partial charge in [-0.25, -0.2) is 0 Å². The van der Waals surface area contributed by atoms with E-state index in [2.05, 4.69) is 29.4 Å². The monoisotopic (exact) mass is 454 g/mol. The molecule has 2 aliphatic rings. The molecule has 2 fully saturated rings. The molecule has 3 heterocycles. The Hall–Kier alpha value is -3.00. The van der Waals surface area contributed by atoms with Crippen LogP contribution in [-0.4, -0.2) is 85.8 Å². The van der Waals surface area contributed by atoms with E-state index in [1.54, 1.807) is 18.9 Å². The molecule has 2 aromatic rings. The minimum atomic E-state index is 0.0289. The molecular formula is C25H34N4O4. The number of methoxy groups -OCH3 is 1. The molecule has 178 valence electrons. The van der Waals surface area contributed by atoms with Crippen LogP contribution in [0.2, 0.25) is 0 Å². The lowest BCUT2D eigenvalue weighted by Crippen LogP contribution is -2.50. The van der Waals surface area contributed by atoms with Crippen molar-refractivity contribution in [2.75, 3.05) is 64.5 Å². The first-order valence-electron chi connectivity index (χ1n) is 11.6. The van der Waals surface area contributed by atoms with Crippen LogP contribution in [0, 0.1) is 13.8 Å². The van der Waals surface area contributed by atoms with Gasteiger partial charge in [0.15, 0.2) is 0 Å². The second-order valence-electron chi connectivity index (χ2n) is 8.74. The summed E-state index contributed by atoms with van der Waals surface area (Å²) in [5.74, 6) is 0.891. The molecule has 8 nitrogen and oxygen atoms in total. The maximum absolute atomic E-state index is 13.8. The quantitative estimate of drug-likeness (QED) is 0.694. The third-order valence-corrected chi connectivity index (χ3v) is 6.74. The predicted molar refractivity (Wildman–Crippen MR) is 127 cm³/mol. The van der Waals surface area contributed by atoms with Gasteiger partial charge >= 0.3 is 0 Å². The van der Waals surface area contributed by atoms with Crippen LogP contribution in [0.15, 0.2) is 24.3 Å². The van der Waals surface area contributed by atoms with Gasteiger partial charge in [0, 0.05) is 64.0 Å². The molecule has 0 aliphatic carbocycles. The number of piperazine rings is 1. The first kappa shape index (κ1) is 23.2. The van der Waals surface area contributed by atoms with E-state index in [1.807, 2.05) is 23.1 Å². The second-order valence-corrected chi connectivity index (χ2v) is 8.74. The molecule has 0 radical (unpaired) electrons. The number of morpholine rings is 1. The zero-order valence-corrected chi connectivity index (χ0v) is 20.1. The molecule has 0 unspecified atom stereocenters. The Labute approximate surface area is 195 Å². The minimum absolute atomic E-state index is 0.0289. The van der Waals surface area contributed by atoms with Gasteiger partial charge in [-0.05, 0) is 31.5 Å². The van der Waals surface area contributed by atoms with Gasteiger partial charge in [-0.2, -0.15) is 0 Å². The second kappa shape index (κ2) is 9.87. The van der Waals surface area contributed by atoms with Gasteiger partial charge in [0.2, 0.25) is 5.91 Å². The summed E-state index contributed by atoms with van der Waals surface area (Å²) in [6, 6.07) is 7.98. The Morgan fingerprint density at radius 3 is 2.30 bits per heavy atom. The Morgan fingerprint density at radius 1 is 1.00 bits per heavy atom. The lowest BCUT2D eigenvalue weighted by molar-refractivity contribution is -0.130. The third kappa shape index (κ3) is 4.71. The summed E-state index contributed by atoms with van der Waals surface area (Å²) >= 11 is 0. The fourth-order valence-electron chi connectivity index (χ4n) is 4.94. The number of hydrogen-bond acceptors (Lipinski definition) is 5. The largest absolute Gasteiger partial charge is 0.497 e. The molecule has 0 atom stereocenters. The van der Waals surface area contributed by atoms with Crippen LogP contribution in [0.25, 0.3) is 0 Å². The highest BCUT2D eigenvalue weighted by molar-refractivity contribution is 5.97. The van der Waals surface area contributed by atoms with Gasteiger partial charge < -0.3 is 28.7 Å². The van der Waals surface area contributed by atoms with Crippen molar-refractivity contribution in [3.8, 4) is 5.75 Å². The molecule has 8 heteroatoms. The number of aromatic nitrogens is 1. The summed E-state index contributed by atoms with van der Waals surface area (Å²) in [4.78, 5) is 31.6. The summed E-state index contributed by atoms with van der Waals surface area (Å²) in [6.07, 6.45) is 0. The van der Waals surface area contributed by atoms with Crippen LogP contribution in [-0.2, 0) is 16.1 Å². The maximum atomic E-state index is 13.8. The van der Waals surface area contributed by atoms with Gasteiger partial charge in [-0.1, -0.05) is 12.1 Å². The molecule has 0 spiro atoms. The number of amides is 2. The fourth-order valence-corrected chi connectivity index (χ4v) is 4.94. The van der Waals surface area contributed by atoms with Gasteiger partial charge in [0.25, 0.3) is 5.91 Å². The van der Waals surface area contributed by atoms with Crippen LogP contribution in [0.1, 0.15) is 34.2 Å². The molecule has 2 saturated heterocycles. The Kier molecular flexibility index (Phi) is 6.93. The van der Waals surface area contributed by atoms with Crippen molar-refractivity contribution in [1.29, 1.82) is 0 Å². The number of hydrogen-bond donors (Lipinski definition) is 0. The van der Waals surface area contributed by atoms with E-state index in [1.165, 1.54) is 0 Å². The molecule has 0 bridgehead atoms. The van der Waals surface area contributed by atoms with Gasteiger partial charge in [-0.15, -0.1) is 0 Å². The molecular weight excluding hydrogens is 420 g/mol. The Bertz CT molecular complexity index is 1020. The average Bonchev–Trinajstić information content (AvgIpc) is 3.08. The lowest BCUT2D eigenvalue weighted by atomic mass is 10.1. The van der Waals surface area contributed by atoms with E-state index in [4.69, 9.17) is 9.47 Å². The number of ether oxygens (including phenoxy) is 2. The first-order chi connectivity index (χ1) is 15.9. The number of carbonyl (C=O) groups is 2. The normalized spacial score (nSPS) is 16.8. The van der Waals surface area contributed by atoms with E-state index in [0.717, 1.165) is 47.0 Å². The van der Waals surface area contributed by atoms with Crippen molar-refractivity contribution in [3.63, 3.8) is 0 Å². The maximum Gasteiger partial charge on any atom is 0.270 e. The van der Waals surface area contributed by atoms with Crippen molar-refractivity contribution in [2.24, 2.45) is 0 Å². The van der Waals surface area contributed by atoms with E-state index in [-0.39, 0.29) is 11.8 Å². The molecule has 1 aromatic heterocycles. The van der Waals surface area contributed by atoms with Crippen LogP contribution in [0.3, 0.4) is 0 Å². The van der Waals surface area contributed by atoms with Crippen LogP contribution in [0.5, 0.6) is 5.75 Å². The van der Waals surface area contributed by atoms with Gasteiger partial charge in [0.05, 0.1) is 26.0 Å². The SMILES string of the molecule is COc1cccc(Cn2c(C)c(N3CCOCC3)c(C)c2C(=O)N2CCN(C(C)=O)CC2)c1. The highest BCUT2D eigenvalue weighted by Crippen LogP contribution is 2.33. The van der Waals surface area contributed by atoms with Crippen molar-refractivity contribution in [2.45, 2.75) is 27.3 Å². The summed E-state index contributed by atoms with van der Waals surface area (Å²) in [5, 5.41) is 0. The molecule has 1 aromatic carbocycles. The number of rotatable bonds is 5. The summed E-state index contributed by atoms with van der Waals surface area (Å²) < 4.78 is 13.1. The first-order valence-corrected chi connectivity index (χ1v) is 11.6. The van der Waals surface area contributed by atoms with Crippen molar-refractivity contribution < 1.29 is 19.1 Å². The van der Waals surface area contributed by atoms with E-state index < -0.39 is 0 Å². The van der Waals surface area contributed by atoms with E-state index >= 15 is 0 Å². The van der Waals surface area contributed by atoms with Crippen molar-refractivity contribution in [1.82, 2.24) is 14.4 Å². The van der Waals surface area contributed by atoms with Gasteiger partial charge in [-0.3, -0.25) is 9.59 Å². The molecule has 0 saturated carbocycles. The van der Waals surface area contributed by atoms with Crippen LogP contribution in [0.4, 0.5) is 5.69 Å². The number of anilines is 1. The van der Waals surface area contributed by atoms with Crippen molar-refractivity contribution in [3.05, 3.63) is 46.8 Å². The topological polar surface area (TPSA) is 67.2 Å².